The van der Waals surface area contributed by atoms with E-state index in [0.29, 0.717) is 36.9 Å². The van der Waals surface area contributed by atoms with E-state index in [9.17, 15) is 14.7 Å². The fourth-order valence-corrected chi connectivity index (χ4v) is 5.93. The lowest BCUT2D eigenvalue weighted by atomic mass is 9.82. The summed E-state index contributed by atoms with van der Waals surface area (Å²) in [5.74, 6) is -0.404. The number of likely N-dealkylation sites (tertiary alicyclic amines) is 1. The minimum absolute atomic E-state index is 0.0330. The van der Waals surface area contributed by atoms with Crippen molar-refractivity contribution in [3.63, 3.8) is 0 Å². The SMILES string of the molecule is CCCCN(CCCC[N+](C)(C)C)C(=O)CN1CC(c2ccc3c(c2)OCO3)[C@@H](C(=O)[O-])[C@@H]1c1ccc(OC)cc1. The second-order valence-electron chi connectivity index (χ2n) is 12.2. The Kier molecular flexibility index (Phi) is 10.1. The first-order valence-corrected chi connectivity index (χ1v) is 14.7. The summed E-state index contributed by atoms with van der Waals surface area (Å²) in [6.45, 7) is 5.27. The molecule has 2 heterocycles. The summed E-state index contributed by atoms with van der Waals surface area (Å²) >= 11 is 0. The van der Waals surface area contributed by atoms with Crippen molar-refractivity contribution in [1.82, 2.24) is 9.80 Å². The van der Waals surface area contributed by atoms with Crippen molar-refractivity contribution in [2.75, 3.05) is 67.8 Å². The lowest BCUT2D eigenvalue weighted by molar-refractivity contribution is -0.870. The zero-order chi connectivity index (χ0) is 29.6. The van der Waals surface area contributed by atoms with Crippen LogP contribution >= 0.6 is 0 Å². The molecule has 0 spiro atoms. The molecule has 1 saturated heterocycles. The zero-order valence-corrected chi connectivity index (χ0v) is 25.1. The van der Waals surface area contributed by atoms with Crippen molar-refractivity contribution in [2.24, 2.45) is 5.92 Å². The zero-order valence-electron chi connectivity index (χ0n) is 25.1. The molecule has 9 heteroatoms. The Hall–Kier alpha value is -3.30. The second-order valence-corrected chi connectivity index (χ2v) is 12.2. The average Bonchev–Trinajstić information content (AvgIpc) is 3.56. The van der Waals surface area contributed by atoms with E-state index >= 15 is 0 Å². The van der Waals surface area contributed by atoms with E-state index in [2.05, 4.69) is 28.1 Å². The molecule has 2 aliphatic heterocycles. The molecule has 1 amide bonds. The number of hydrogen-bond donors (Lipinski definition) is 0. The first kappa shape index (κ1) is 30.7. The molecule has 0 aliphatic carbocycles. The van der Waals surface area contributed by atoms with Crippen LogP contribution in [0.3, 0.4) is 0 Å². The number of benzene rings is 2. The number of hydrogen-bond acceptors (Lipinski definition) is 7. The number of carboxylic acids is 1. The van der Waals surface area contributed by atoms with Crippen LogP contribution in [0.25, 0.3) is 0 Å². The summed E-state index contributed by atoms with van der Waals surface area (Å²) < 4.78 is 17.3. The van der Waals surface area contributed by atoms with Gasteiger partial charge in [-0.3, -0.25) is 9.69 Å². The Bertz CT molecular complexity index is 1180. The molecule has 0 N–H and O–H groups in total. The van der Waals surface area contributed by atoms with E-state index in [1.807, 2.05) is 52.3 Å². The maximum Gasteiger partial charge on any atom is 0.236 e. The third-order valence-corrected chi connectivity index (χ3v) is 8.13. The van der Waals surface area contributed by atoms with Gasteiger partial charge in [-0.05, 0) is 54.7 Å². The van der Waals surface area contributed by atoms with E-state index < -0.39 is 17.9 Å². The van der Waals surface area contributed by atoms with Crippen LogP contribution in [0, 0.1) is 5.92 Å². The monoisotopic (exact) mass is 567 g/mol. The fraction of sp³-hybridized carbons (Fsp3) is 0.562. The molecule has 2 aliphatic rings. The number of amides is 1. The van der Waals surface area contributed by atoms with E-state index in [-0.39, 0.29) is 25.2 Å². The maximum atomic E-state index is 13.8. The number of ether oxygens (including phenoxy) is 3. The average molecular weight is 568 g/mol. The van der Waals surface area contributed by atoms with Crippen molar-refractivity contribution in [3.8, 4) is 17.2 Å². The summed E-state index contributed by atoms with van der Waals surface area (Å²) in [5.41, 5.74) is 1.65. The summed E-state index contributed by atoms with van der Waals surface area (Å²) in [6, 6.07) is 12.5. The normalized spacial score (nSPS) is 20.3. The molecule has 0 aromatic heterocycles. The number of quaternary nitrogens is 1. The highest BCUT2D eigenvalue weighted by molar-refractivity contribution is 5.79. The topological polar surface area (TPSA) is 91.4 Å². The number of fused-ring (bicyclic) bond motifs is 1. The third-order valence-electron chi connectivity index (χ3n) is 8.13. The van der Waals surface area contributed by atoms with Crippen LogP contribution in [0.4, 0.5) is 0 Å². The minimum atomic E-state index is -1.13. The molecule has 4 rings (SSSR count). The highest BCUT2D eigenvalue weighted by atomic mass is 16.7. The number of nitrogens with zero attached hydrogens (tertiary/aromatic N) is 3. The molecular weight excluding hydrogens is 522 g/mol. The van der Waals surface area contributed by atoms with Gasteiger partial charge < -0.3 is 33.5 Å². The number of aliphatic carboxylic acids is 1. The Morgan fingerprint density at radius 1 is 1.00 bits per heavy atom. The molecule has 0 saturated carbocycles. The van der Waals surface area contributed by atoms with Crippen molar-refractivity contribution >= 4 is 11.9 Å². The number of carbonyl (C=O) groups excluding carboxylic acids is 2. The van der Waals surface area contributed by atoms with Crippen LogP contribution in [-0.2, 0) is 9.59 Å². The predicted molar refractivity (Wildman–Crippen MR) is 155 cm³/mol. The molecule has 224 valence electrons. The van der Waals surface area contributed by atoms with Crippen LogP contribution in [-0.4, -0.2) is 93.9 Å². The van der Waals surface area contributed by atoms with E-state index in [1.165, 1.54) is 0 Å². The Morgan fingerprint density at radius 3 is 2.34 bits per heavy atom. The number of methoxy groups -OCH3 is 1. The molecular formula is C32H45N3O6. The van der Waals surface area contributed by atoms with Crippen LogP contribution in [0.5, 0.6) is 17.2 Å². The maximum absolute atomic E-state index is 13.8. The molecule has 0 radical (unpaired) electrons. The molecule has 9 nitrogen and oxygen atoms in total. The quantitative estimate of drug-likeness (QED) is 0.256. The van der Waals surface area contributed by atoms with Crippen molar-refractivity contribution in [2.45, 2.75) is 44.6 Å². The molecule has 1 unspecified atom stereocenters. The smallest absolute Gasteiger partial charge is 0.236 e. The Balaban J connectivity index is 1.60. The molecule has 41 heavy (non-hydrogen) atoms. The second kappa shape index (κ2) is 13.6. The molecule has 2 aromatic carbocycles. The van der Waals surface area contributed by atoms with Gasteiger partial charge in [0, 0.05) is 43.5 Å². The highest BCUT2D eigenvalue weighted by Gasteiger charge is 2.45. The van der Waals surface area contributed by atoms with Gasteiger partial charge in [0.1, 0.15) is 5.75 Å². The largest absolute Gasteiger partial charge is 0.550 e. The van der Waals surface area contributed by atoms with Crippen LogP contribution in [0.2, 0.25) is 0 Å². The highest BCUT2D eigenvalue weighted by Crippen LogP contribution is 2.47. The summed E-state index contributed by atoms with van der Waals surface area (Å²) in [7, 11) is 8.13. The Labute approximate surface area is 244 Å². The number of rotatable bonds is 14. The molecule has 1 fully saturated rings. The Morgan fingerprint density at radius 2 is 1.68 bits per heavy atom. The van der Waals surface area contributed by atoms with Crippen molar-refractivity contribution in [3.05, 3.63) is 53.6 Å². The van der Waals surface area contributed by atoms with Crippen molar-refractivity contribution < 1.29 is 33.4 Å². The van der Waals surface area contributed by atoms with Gasteiger partial charge in [0.2, 0.25) is 12.7 Å². The molecule has 2 aromatic rings. The summed E-state index contributed by atoms with van der Waals surface area (Å²) in [6.07, 6.45) is 3.91. The summed E-state index contributed by atoms with van der Waals surface area (Å²) in [4.78, 5) is 30.6. The summed E-state index contributed by atoms with van der Waals surface area (Å²) in [5, 5.41) is 12.8. The standard InChI is InChI=1S/C32H45N3O6/c1-6-7-16-33(17-8-9-18-35(2,3)4)29(36)21-34-20-26(24-12-15-27-28(19-24)41-22-40-27)30(32(37)38)31(34)23-10-13-25(39-5)14-11-23/h10-15,19,26,30-31H,6-9,16-18,20-22H2,1-5H3/t26?,30-,31+/m1/s1. The fourth-order valence-electron chi connectivity index (χ4n) is 5.93. The number of carbonyl (C=O) groups is 2. The first-order valence-electron chi connectivity index (χ1n) is 14.7. The van der Waals surface area contributed by atoms with Crippen molar-refractivity contribution in [1.29, 1.82) is 0 Å². The lowest BCUT2D eigenvalue weighted by Crippen LogP contribution is -2.43. The first-order chi connectivity index (χ1) is 19.6. The number of unbranched alkanes of at least 4 members (excludes halogenated alkanes) is 2. The van der Waals surface area contributed by atoms with Gasteiger partial charge >= 0.3 is 0 Å². The molecule has 3 atom stereocenters. The van der Waals surface area contributed by atoms with Crippen LogP contribution < -0.4 is 19.3 Å². The van der Waals surface area contributed by atoms with Crippen LogP contribution in [0.1, 0.15) is 55.7 Å². The van der Waals surface area contributed by atoms with Crippen LogP contribution in [0.15, 0.2) is 42.5 Å². The minimum Gasteiger partial charge on any atom is -0.550 e. The predicted octanol–water partition coefficient (Wildman–Crippen LogP) is 3.05. The van der Waals surface area contributed by atoms with Gasteiger partial charge in [0.15, 0.2) is 11.5 Å². The van der Waals surface area contributed by atoms with Gasteiger partial charge in [-0.25, -0.2) is 0 Å². The van der Waals surface area contributed by atoms with E-state index in [0.717, 1.165) is 47.8 Å². The third kappa shape index (κ3) is 7.71. The van der Waals surface area contributed by atoms with E-state index in [4.69, 9.17) is 14.2 Å². The van der Waals surface area contributed by atoms with E-state index in [1.54, 1.807) is 7.11 Å². The van der Waals surface area contributed by atoms with Gasteiger partial charge in [0.25, 0.3) is 0 Å². The number of carboxylic acid groups (broad SMARTS) is 1. The van der Waals surface area contributed by atoms with Gasteiger partial charge in [-0.1, -0.05) is 31.5 Å². The van der Waals surface area contributed by atoms with Gasteiger partial charge in [-0.15, -0.1) is 0 Å². The molecule has 0 bridgehead atoms. The van der Waals surface area contributed by atoms with Gasteiger partial charge in [-0.2, -0.15) is 0 Å². The van der Waals surface area contributed by atoms with Gasteiger partial charge in [0.05, 0.1) is 41.3 Å². The lowest BCUT2D eigenvalue weighted by Gasteiger charge is -2.32.